The van der Waals surface area contributed by atoms with Gasteiger partial charge in [0.2, 0.25) is 5.91 Å². The molecule has 1 aliphatic rings. The van der Waals surface area contributed by atoms with Gasteiger partial charge in [0.1, 0.15) is 0 Å². The van der Waals surface area contributed by atoms with Crippen molar-refractivity contribution >= 4 is 18.3 Å². The first kappa shape index (κ1) is 19.9. The van der Waals surface area contributed by atoms with Crippen molar-refractivity contribution in [2.24, 2.45) is 0 Å². The van der Waals surface area contributed by atoms with Gasteiger partial charge in [-0.05, 0) is 12.5 Å². The molecule has 130 valence electrons. The molecule has 2 atom stereocenters. The van der Waals surface area contributed by atoms with Crippen LogP contribution in [0.15, 0.2) is 30.3 Å². The van der Waals surface area contributed by atoms with E-state index in [1.807, 2.05) is 23.1 Å². The smallest absolute Gasteiger partial charge is 0.224 e. The number of hydrogen-bond donors (Lipinski definition) is 1. The van der Waals surface area contributed by atoms with Crippen LogP contribution in [0.5, 0.6) is 0 Å². The van der Waals surface area contributed by atoms with Gasteiger partial charge < -0.3 is 19.7 Å². The van der Waals surface area contributed by atoms with Crippen molar-refractivity contribution in [3.05, 3.63) is 35.9 Å². The van der Waals surface area contributed by atoms with Crippen LogP contribution in [0.25, 0.3) is 0 Å². The van der Waals surface area contributed by atoms with Gasteiger partial charge in [-0.25, -0.2) is 0 Å². The number of halogens is 1. The van der Waals surface area contributed by atoms with E-state index in [2.05, 4.69) is 24.4 Å². The van der Waals surface area contributed by atoms with Gasteiger partial charge in [0.25, 0.3) is 0 Å². The zero-order chi connectivity index (χ0) is 15.8. The molecule has 0 aliphatic carbocycles. The first-order valence-corrected chi connectivity index (χ1v) is 7.87. The number of morpholine rings is 1. The van der Waals surface area contributed by atoms with Crippen molar-refractivity contribution in [1.29, 1.82) is 0 Å². The van der Waals surface area contributed by atoms with Crippen molar-refractivity contribution < 1.29 is 14.3 Å². The Kier molecular flexibility index (Phi) is 9.17. The highest BCUT2D eigenvalue weighted by Crippen LogP contribution is 2.21. The highest BCUT2D eigenvalue weighted by Gasteiger charge is 2.25. The Bertz CT molecular complexity index is 452. The van der Waals surface area contributed by atoms with Gasteiger partial charge in [-0.3, -0.25) is 4.79 Å². The average Bonchev–Trinajstić information content (AvgIpc) is 2.56. The molecule has 2 unspecified atom stereocenters. The molecule has 1 amide bonds. The molecule has 5 nitrogen and oxygen atoms in total. The van der Waals surface area contributed by atoms with E-state index in [9.17, 15) is 4.79 Å². The van der Waals surface area contributed by atoms with E-state index in [1.165, 1.54) is 0 Å². The van der Waals surface area contributed by atoms with Gasteiger partial charge in [0, 0.05) is 32.7 Å². The molecule has 2 rings (SSSR count). The molecular formula is C17H27ClN2O3. The van der Waals surface area contributed by atoms with E-state index in [1.54, 1.807) is 7.11 Å². The lowest BCUT2D eigenvalue weighted by Crippen LogP contribution is -2.46. The maximum atomic E-state index is 12.7. The second kappa shape index (κ2) is 10.6. The van der Waals surface area contributed by atoms with Crippen LogP contribution in [0.1, 0.15) is 24.9 Å². The Morgan fingerprint density at radius 1 is 1.43 bits per heavy atom. The van der Waals surface area contributed by atoms with Crippen molar-refractivity contribution in [3.63, 3.8) is 0 Å². The van der Waals surface area contributed by atoms with E-state index in [-0.39, 0.29) is 30.4 Å². The molecule has 6 heteroatoms. The van der Waals surface area contributed by atoms with Crippen LogP contribution in [0.2, 0.25) is 0 Å². The van der Waals surface area contributed by atoms with Gasteiger partial charge in [-0.15, -0.1) is 12.4 Å². The summed E-state index contributed by atoms with van der Waals surface area (Å²) in [5.74, 6) is 0.136. The number of carbonyl (C=O) groups is 1. The number of rotatable bonds is 7. The van der Waals surface area contributed by atoms with Crippen LogP contribution in [0.3, 0.4) is 0 Å². The molecule has 0 radical (unpaired) electrons. The lowest BCUT2D eigenvalue weighted by atomic mass is 10.1. The number of nitrogens with one attached hydrogen (secondary N) is 1. The quantitative estimate of drug-likeness (QED) is 0.823. The number of carbonyl (C=O) groups excluding carboxylic acids is 1. The Hall–Kier alpha value is -1.14. The van der Waals surface area contributed by atoms with E-state index in [4.69, 9.17) is 9.47 Å². The number of methoxy groups -OCH3 is 1. The molecule has 1 aliphatic heterocycles. The fourth-order valence-electron chi connectivity index (χ4n) is 2.71. The second-order valence-corrected chi connectivity index (χ2v) is 5.60. The summed E-state index contributed by atoms with van der Waals surface area (Å²) in [5.41, 5.74) is 1.14. The van der Waals surface area contributed by atoms with Crippen LogP contribution in [-0.2, 0) is 14.3 Å². The molecule has 1 N–H and O–H groups in total. The summed E-state index contributed by atoms with van der Waals surface area (Å²) < 4.78 is 10.6. The molecular weight excluding hydrogens is 316 g/mol. The predicted molar refractivity (Wildman–Crippen MR) is 92.9 cm³/mol. The van der Waals surface area contributed by atoms with Gasteiger partial charge in [-0.1, -0.05) is 30.3 Å². The Morgan fingerprint density at radius 3 is 2.78 bits per heavy atom. The Morgan fingerprint density at radius 2 is 2.17 bits per heavy atom. The van der Waals surface area contributed by atoms with Crippen LogP contribution in [0, 0.1) is 0 Å². The molecule has 1 fully saturated rings. The zero-order valence-corrected chi connectivity index (χ0v) is 14.7. The predicted octanol–water partition coefficient (Wildman–Crippen LogP) is 2.02. The molecule has 1 aromatic rings. The Labute approximate surface area is 144 Å². The van der Waals surface area contributed by atoms with Crippen LogP contribution in [0.4, 0.5) is 0 Å². The van der Waals surface area contributed by atoms with E-state index >= 15 is 0 Å². The van der Waals surface area contributed by atoms with Crippen molar-refractivity contribution in [2.45, 2.75) is 25.4 Å². The lowest BCUT2D eigenvalue weighted by Gasteiger charge is -2.32. The number of amides is 1. The van der Waals surface area contributed by atoms with Gasteiger partial charge >= 0.3 is 0 Å². The van der Waals surface area contributed by atoms with Gasteiger partial charge in [0.05, 0.1) is 25.9 Å². The number of benzene rings is 1. The maximum Gasteiger partial charge on any atom is 0.224 e. The van der Waals surface area contributed by atoms with Crippen LogP contribution < -0.4 is 5.32 Å². The third kappa shape index (κ3) is 6.11. The molecule has 23 heavy (non-hydrogen) atoms. The molecule has 1 aromatic carbocycles. The topological polar surface area (TPSA) is 50.8 Å². The summed E-state index contributed by atoms with van der Waals surface area (Å²) in [6.07, 6.45) is 0.459. The first-order chi connectivity index (χ1) is 10.7. The largest absolute Gasteiger partial charge is 0.383 e. The summed E-state index contributed by atoms with van der Waals surface area (Å²) in [5, 5.41) is 3.34. The second-order valence-electron chi connectivity index (χ2n) is 5.60. The molecule has 0 bridgehead atoms. The van der Waals surface area contributed by atoms with E-state index in [0.29, 0.717) is 26.2 Å². The standard InChI is InChI=1S/C17H26N2O3.ClH/c1-14(15-6-4-3-5-7-15)19(9-11-21-2)17(20)12-16-13-22-10-8-18-16;/h3-7,14,16,18H,8-13H2,1-2H3;1H. The van der Waals surface area contributed by atoms with Crippen molar-refractivity contribution in [2.75, 3.05) is 40.0 Å². The highest BCUT2D eigenvalue weighted by atomic mass is 35.5. The summed E-state index contributed by atoms with van der Waals surface area (Å²) in [4.78, 5) is 14.6. The summed E-state index contributed by atoms with van der Waals surface area (Å²) in [7, 11) is 1.66. The van der Waals surface area contributed by atoms with Crippen LogP contribution >= 0.6 is 12.4 Å². The average molecular weight is 343 g/mol. The van der Waals surface area contributed by atoms with Crippen molar-refractivity contribution in [1.82, 2.24) is 10.2 Å². The third-order valence-corrected chi connectivity index (χ3v) is 4.03. The molecule has 1 heterocycles. The minimum Gasteiger partial charge on any atom is -0.383 e. The fourth-order valence-corrected chi connectivity index (χ4v) is 2.71. The minimum absolute atomic E-state index is 0. The van der Waals surface area contributed by atoms with Gasteiger partial charge in [-0.2, -0.15) is 0 Å². The molecule has 0 saturated carbocycles. The van der Waals surface area contributed by atoms with Crippen LogP contribution in [-0.4, -0.2) is 56.9 Å². The minimum atomic E-state index is 0. The molecule has 0 spiro atoms. The number of hydrogen-bond acceptors (Lipinski definition) is 4. The lowest BCUT2D eigenvalue weighted by molar-refractivity contribution is -0.135. The number of nitrogens with zero attached hydrogens (tertiary/aromatic N) is 1. The van der Waals surface area contributed by atoms with Crippen molar-refractivity contribution in [3.8, 4) is 0 Å². The Balaban J connectivity index is 0.00000264. The zero-order valence-electron chi connectivity index (χ0n) is 13.9. The summed E-state index contributed by atoms with van der Waals surface area (Å²) in [6, 6.07) is 10.2. The fraction of sp³-hybridized carbons (Fsp3) is 0.588. The summed E-state index contributed by atoms with van der Waals surface area (Å²) in [6.45, 7) is 5.33. The summed E-state index contributed by atoms with van der Waals surface area (Å²) >= 11 is 0. The normalized spacial score (nSPS) is 18.8. The third-order valence-electron chi connectivity index (χ3n) is 4.03. The highest BCUT2D eigenvalue weighted by molar-refractivity contribution is 5.85. The SMILES string of the molecule is COCCN(C(=O)CC1COCCN1)C(C)c1ccccc1.Cl. The van der Waals surface area contributed by atoms with Gasteiger partial charge in [0.15, 0.2) is 0 Å². The molecule has 0 aromatic heterocycles. The van der Waals surface area contributed by atoms with E-state index < -0.39 is 0 Å². The molecule has 1 saturated heterocycles. The maximum absolute atomic E-state index is 12.7. The monoisotopic (exact) mass is 342 g/mol. The first-order valence-electron chi connectivity index (χ1n) is 7.87. The number of ether oxygens (including phenoxy) is 2. The van der Waals surface area contributed by atoms with E-state index in [0.717, 1.165) is 18.7 Å².